The van der Waals surface area contributed by atoms with Crippen LogP contribution in [-0.2, 0) is 0 Å². The predicted octanol–water partition coefficient (Wildman–Crippen LogP) is 2.40. The van der Waals surface area contributed by atoms with Gasteiger partial charge in [0.15, 0.2) is 0 Å². The smallest absolute Gasteiger partial charge is 0.338 e. The molecule has 18 heavy (non-hydrogen) atoms. The van der Waals surface area contributed by atoms with Crippen molar-refractivity contribution in [1.29, 1.82) is 0 Å². The molecule has 0 heterocycles. The van der Waals surface area contributed by atoms with Crippen molar-refractivity contribution in [2.75, 3.05) is 11.9 Å². The van der Waals surface area contributed by atoms with Crippen molar-refractivity contribution >= 4 is 29.3 Å². The Balaban J connectivity index is 2.69. The third-order valence-corrected chi connectivity index (χ3v) is 2.03. The quantitative estimate of drug-likeness (QED) is 0.787. The Hall–Kier alpha value is -2.08. The van der Waals surface area contributed by atoms with Crippen LogP contribution in [0.1, 0.15) is 10.4 Å². The fraction of sp³-hybridized carbons (Fsp3) is 0.0909. The van der Waals surface area contributed by atoms with Gasteiger partial charge >= 0.3 is 12.0 Å². The van der Waals surface area contributed by atoms with Gasteiger partial charge in [-0.15, -0.1) is 0 Å². The van der Waals surface area contributed by atoms with Crippen molar-refractivity contribution in [2.24, 2.45) is 0 Å². The summed E-state index contributed by atoms with van der Waals surface area (Å²) in [5.74, 6) is -2.30. The molecular formula is C11H10ClFN2O3. The summed E-state index contributed by atoms with van der Waals surface area (Å²) in [5.41, 5.74) is -0.328. The van der Waals surface area contributed by atoms with Crippen molar-refractivity contribution in [1.82, 2.24) is 5.32 Å². The van der Waals surface area contributed by atoms with Gasteiger partial charge in [0.25, 0.3) is 0 Å². The molecule has 0 aromatic heterocycles. The molecule has 0 aliphatic rings. The largest absolute Gasteiger partial charge is 0.478 e. The number of benzene rings is 1. The maximum absolute atomic E-state index is 13.3. The lowest BCUT2D eigenvalue weighted by Gasteiger charge is -2.07. The van der Waals surface area contributed by atoms with Gasteiger partial charge in [0, 0.05) is 10.7 Å². The molecule has 0 spiro atoms. The minimum Gasteiger partial charge on any atom is -0.478 e. The van der Waals surface area contributed by atoms with E-state index in [-0.39, 0.29) is 17.3 Å². The van der Waals surface area contributed by atoms with E-state index in [0.717, 1.165) is 12.1 Å². The number of urea groups is 1. The summed E-state index contributed by atoms with van der Waals surface area (Å²) in [7, 11) is 0. The molecule has 96 valence electrons. The molecule has 1 rings (SSSR count). The zero-order valence-electron chi connectivity index (χ0n) is 9.17. The van der Waals surface area contributed by atoms with Crippen LogP contribution >= 0.6 is 11.6 Å². The normalized spacial score (nSPS) is 9.67. The van der Waals surface area contributed by atoms with E-state index in [0.29, 0.717) is 0 Å². The Morgan fingerprint density at radius 3 is 2.61 bits per heavy atom. The number of halogens is 2. The summed E-state index contributed by atoms with van der Waals surface area (Å²) in [6, 6.07) is 2.66. The van der Waals surface area contributed by atoms with Crippen molar-refractivity contribution in [3.05, 3.63) is 41.2 Å². The van der Waals surface area contributed by atoms with Crippen molar-refractivity contribution < 1.29 is 19.1 Å². The highest BCUT2D eigenvalue weighted by molar-refractivity contribution is 6.29. The number of anilines is 1. The highest BCUT2D eigenvalue weighted by atomic mass is 35.5. The first-order valence-electron chi connectivity index (χ1n) is 4.81. The lowest BCUT2D eigenvalue weighted by Crippen LogP contribution is -2.29. The van der Waals surface area contributed by atoms with Crippen LogP contribution in [-0.4, -0.2) is 23.7 Å². The van der Waals surface area contributed by atoms with Crippen LogP contribution in [0.2, 0.25) is 0 Å². The molecule has 0 radical (unpaired) electrons. The first-order valence-corrected chi connectivity index (χ1v) is 5.19. The second-order valence-corrected chi connectivity index (χ2v) is 3.86. The molecule has 5 nitrogen and oxygen atoms in total. The maximum atomic E-state index is 13.3. The average molecular weight is 273 g/mol. The molecule has 1 aromatic carbocycles. The molecular weight excluding hydrogens is 263 g/mol. The van der Waals surface area contributed by atoms with Gasteiger partial charge in [-0.1, -0.05) is 18.2 Å². The number of hydrogen-bond acceptors (Lipinski definition) is 2. The first kappa shape index (κ1) is 14.0. The summed E-state index contributed by atoms with van der Waals surface area (Å²) in [4.78, 5) is 21.9. The van der Waals surface area contributed by atoms with Gasteiger partial charge in [0.2, 0.25) is 0 Å². The summed E-state index contributed by atoms with van der Waals surface area (Å²) in [6.07, 6.45) is 0. The van der Waals surface area contributed by atoms with E-state index < -0.39 is 23.4 Å². The van der Waals surface area contributed by atoms with Crippen molar-refractivity contribution in [3.8, 4) is 0 Å². The number of carboxylic acids is 1. The van der Waals surface area contributed by atoms with Crippen LogP contribution < -0.4 is 10.6 Å². The number of carbonyl (C=O) groups excluding carboxylic acids is 1. The zero-order valence-corrected chi connectivity index (χ0v) is 9.92. The summed E-state index contributed by atoms with van der Waals surface area (Å²) >= 11 is 5.44. The van der Waals surface area contributed by atoms with Gasteiger partial charge in [-0.3, -0.25) is 0 Å². The highest BCUT2D eigenvalue weighted by Crippen LogP contribution is 2.14. The van der Waals surface area contributed by atoms with Gasteiger partial charge in [-0.05, 0) is 18.2 Å². The molecule has 0 fully saturated rings. The van der Waals surface area contributed by atoms with Crippen LogP contribution in [0.15, 0.2) is 29.8 Å². The van der Waals surface area contributed by atoms with Crippen LogP contribution in [0, 0.1) is 5.82 Å². The van der Waals surface area contributed by atoms with Gasteiger partial charge < -0.3 is 15.7 Å². The molecule has 0 bridgehead atoms. The lowest BCUT2D eigenvalue weighted by atomic mass is 10.2. The molecule has 0 aliphatic heterocycles. The minimum absolute atomic E-state index is 0.0725. The standard InChI is InChI=1S/C11H10ClFN2O3/c1-6(12)5-14-11(18)15-7-2-3-8(10(16)17)9(13)4-7/h2-4H,1,5H2,(H,16,17)(H2,14,15,18). The van der Waals surface area contributed by atoms with Crippen LogP contribution in [0.4, 0.5) is 14.9 Å². The second-order valence-electron chi connectivity index (χ2n) is 3.32. The van der Waals surface area contributed by atoms with E-state index in [9.17, 15) is 14.0 Å². The number of amides is 2. The van der Waals surface area contributed by atoms with E-state index in [1.807, 2.05) is 0 Å². The van der Waals surface area contributed by atoms with Crippen molar-refractivity contribution in [2.45, 2.75) is 0 Å². The number of hydrogen-bond donors (Lipinski definition) is 3. The lowest BCUT2D eigenvalue weighted by molar-refractivity contribution is 0.0692. The molecule has 0 aliphatic carbocycles. The number of nitrogens with one attached hydrogen (secondary N) is 2. The maximum Gasteiger partial charge on any atom is 0.338 e. The van der Waals surface area contributed by atoms with Gasteiger partial charge in [-0.25, -0.2) is 14.0 Å². The average Bonchev–Trinajstić information content (AvgIpc) is 2.26. The fourth-order valence-electron chi connectivity index (χ4n) is 1.12. The van der Waals surface area contributed by atoms with Crippen LogP contribution in [0.25, 0.3) is 0 Å². The topological polar surface area (TPSA) is 78.4 Å². The highest BCUT2D eigenvalue weighted by Gasteiger charge is 2.11. The zero-order chi connectivity index (χ0) is 13.7. The Morgan fingerprint density at radius 1 is 1.44 bits per heavy atom. The Bertz CT molecular complexity index is 505. The molecule has 0 unspecified atom stereocenters. The number of carboxylic acid groups (broad SMARTS) is 1. The third kappa shape index (κ3) is 4.06. The van der Waals surface area contributed by atoms with Gasteiger partial charge in [0.1, 0.15) is 5.82 Å². The monoisotopic (exact) mass is 272 g/mol. The van der Waals surface area contributed by atoms with E-state index in [2.05, 4.69) is 17.2 Å². The second kappa shape index (κ2) is 6.02. The molecule has 2 amide bonds. The van der Waals surface area contributed by atoms with E-state index in [4.69, 9.17) is 16.7 Å². The van der Waals surface area contributed by atoms with Gasteiger partial charge in [0.05, 0.1) is 12.1 Å². The number of carbonyl (C=O) groups is 2. The van der Waals surface area contributed by atoms with Crippen molar-refractivity contribution in [3.63, 3.8) is 0 Å². The first-order chi connectivity index (χ1) is 8.40. The summed E-state index contributed by atoms with van der Waals surface area (Å²) in [6.45, 7) is 3.45. The predicted molar refractivity (Wildman–Crippen MR) is 65.4 cm³/mol. The minimum atomic E-state index is -1.37. The van der Waals surface area contributed by atoms with E-state index in [1.54, 1.807) is 0 Å². The molecule has 0 saturated carbocycles. The number of aromatic carboxylic acids is 1. The molecule has 7 heteroatoms. The van der Waals surface area contributed by atoms with E-state index in [1.165, 1.54) is 6.07 Å². The Labute approximate surface area is 107 Å². The fourth-order valence-corrected chi connectivity index (χ4v) is 1.18. The molecule has 0 saturated heterocycles. The summed E-state index contributed by atoms with van der Waals surface area (Å²) < 4.78 is 13.3. The Kier molecular flexibility index (Phi) is 4.67. The molecule has 0 atom stereocenters. The summed E-state index contributed by atoms with van der Waals surface area (Å²) in [5, 5.41) is 13.6. The third-order valence-electron chi connectivity index (χ3n) is 1.90. The molecule has 1 aromatic rings. The SMILES string of the molecule is C=C(Cl)CNC(=O)Nc1ccc(C(=O)O)c(F)c1. The van der Waals surface area contributed by atoms with Gasteiger partial charge in [-0.2, -0.15) is 0 Å². The Morgan fingerprint density at radius 2 is 2.11 bits per heavy atom. The van der Waals surface area contributed by atoms with Crippen LogP contribution in [0.5, 0.6) is 0 Å². The number of rotatable bonds is 4. The van der Waals surface area contributed by atoms with Crippen LogP contribution in [0.3, 0.4) is 0 Å². The van der Waals surface area contributed by atoms with E-state index >= 15 is 0 Å². The molecule has 3 N–H and O–H groups in total.